The second kappa shape index (κ2) is 3.56. The second-order valence-electron chi connectivity index (χ2n) is 5.38. The molecule has 0 nitrogen and oxygen atoms in total. The first-order chi connectivity index (χ1) is 6.93. The van der Waals surface area contributed by atoms with Crippen molar-refractivity contribution in [2.75, 3.05) is 0 Å². The van der Waals surface area contributed by atoms with Gasteiger partial charge < -0.3 is 0 Å². The maximum atomic E-state index is 2.48. The predicted octanol–water partition coefficient (Wildman–Crippen LogP) is 3.95. The molecule has 0 saturated heterocycles. The third kappa shape index (κ3) is 1.67. The average molecular weight is 188 g/mol. The first-order valence-electron chi connectivity index (χ1n) is 6.28. The van der Waals surface area contributed by atoms with E-state index in [0.29, 0.717) is 0 Å². The van der Waals surface area contributed by atoms with Crippen LogP contribution in [0.1, 0.15) is 38.5 Å². The highest BCUT2D eigenvalue weighted by atomic mass is 14.4. The molecule has 0 amide bonds. The van der Waals surface area contributed by atoms with Crippen LogP contribution in [0, 0.1) is 23.7 Å². The van der Waals surface area contributed by atoms with E-state index >= 15 is 0 Å². The van der Waals surface area contributed by atoms with E-state index in [9.17, 15) is 0 Å². The standard InChI is InChI=1S/C14H20/c1-2-7-14(12-5-3-6-12)13(4-1)10-11-8-9-11/h1-2,4,7,11-14H,3,5-6,8-10H2. The third-order valence-corrected chi connectivity index (χ3v) is 4.29. The van der Waals surface area contributed by atoms with Crippen molar-refractivity contribution in [3.63, 3.8) is 0 Å². The van der Waals surface area contributed by atoms with Gasteiger partial charge in [0.05, 0.1) is 0 Å². The summed E-state index contributed by atoms with van der Waals surface area (Å²) in [6.07, 6.45) is 18.4. The van der Waals surface area contributed by atoms with Crippen LogP contribution in [-0.2, 0) is 0 Å². The number of rotatable bonds is 3. The molecule has 3 rings (SSSR count). The topological polar surface area (TPSA) is 0 Å². The molecule has 0 radical (unpaired) electrons. The highest BCUT2D eigenvalue weighted by Gasteiger charge is 2.34. The summed E-state index contributed by atoms with van der Waals surface area (Å²) in [6.45, 7) is 0. The first-order valence-corrected chi connectivity index (χ1v) is 6.28. The molecule has 0 N–H and O–H groups in total. The molecule has 14 heavy (non-hydrogen) atoms. The van der Waals surface area contributed by atoms with Crippen LogP contribution in [-0.4, -0.2) is 0 Å². The van der Waals surface area contributed by atoms with Crippen LogP contribution in [0.25, 0.3) is 0 Å². The number of hydrogen-bond donors (Lipinski definition) is 0. The highest BCUT2D eigenvalue weighted by Crippen LogP contribution is 2.45. The molecule has 76 valence electrons. The zero-order valence-electron chi connectivity index (χ0n) is 8.86. The monoisotopic (exact) mass is 188 g/mol. The normalized spacial score (nSPS) is 37.1. The minimum Gasteiger partial charge on any atom is -0.0808 e. The summed E-state index contributed by atoms with van der Waals surface area (Å²) in [7, 11) is 0. The fraction of sp³-hybridized carbons (Fsp3) is 0.714. The minimum absolute atomic E-state index is 0.887. The molecule has 0 heterocycles. The van der Waals surface area contributed by atoms with Crippen molar-refractivity contribution in [3.05, 3.63) is 24.3 Å². The first kappa shape index (κ1) is 8.76. The molecular weight excluding hydrogens is 168 g/mol. The lowest BCUT2D eigenvalue weighted by molar-refractivity contribution is 0.194. The fourth-order valence-corrected chi connectivity index (χ4v) is 2.98. The molecule has 2 fully saturated rings. The van der Waals surface area contributed by atoms with Gasteiger partial charge in [0.2, 0.25) is 0 Å². The molecule has 0 aromatic carbocycles. The SMILES string of the molecule is C1=CC(CC2CC2)C(C2CCC2)C=C1. The Kier molecular flexibility index (Phi) is 2.23. The van der Waals surface area contributed by atoms with E-state index in [-0.39, 0.29) is 0 Å². The summed E-state index contributed by atoms with van der Waals surface area (Å²) in [6, 6.07) is 0. The van der Waals surface area contributed by atoms with Crippen molar-refractivity contribution in [2.45, 2.75) is 38.5 Å². The summed E-state index contributed by atoms with van der Waals surface area (Å²) in [5.41, 5.74) is 0. The van der Waals surface area contributed by atoms with Crippen LogP contribution in [0.4, 0.5) is 0 Å². The maximum absolute atomic E-state index is 2.48. The average Bonchev–Trinajstić information content (AvgIpc) is 2.89. The zero-order valence-corrected chi connectivity index (χ0v) is 8.86. The molecule has 0 aromatic heterocycles. The van der Waals surface area contributed by atoms with E-state index in [4.69, 9.17) is 0 Å². The summed E-state index contributed by atoms with van der Waals surface area (Å²) in [5.74, 6) is 3.89. The van der Waals surface area contributed by atoms with Crippen LogP contribution < -0.4 is 0 Å². The van der Waals surface area contributed by atoms with Crippen molar-refractivity contribution in [3.8, 4) is 0 Å². The Labute approximate surface area is 87.1 Å². The van der Waals surface area contributed by atoms with Gasteiger partial charge in [-0.1, -0.05) is 43.6 Å². The van der Waals surface area contributed by atoms with Gasteiger partial charge in [0.1, 0.15) is 0 Å². The van der Waals surface area contributed by atoms with E-state index in [1.54, 1.807) is 0 Å². The molecule has 3 aliphatic rings. The van der Waals surface area contributed by atoms with Crippen LogP contribution in [0.5, 0.6) is 0 Å². The molecule has 2 unspecified atom stereocenters. The summed E-state index contributed by atoms with van der Waals surface area (Å²) in [5, 5.41) is 0. The number of allylic oxidation sites excluding steroid dienone is 4. The van der Waals surface area contributed by atoms with Crippen LogP contribution in [0.3, 0.4) is 0 Å². The summed E-state index contributed by atoms with van der Waals surface area (Å²) >= 11 is 0. The van der Waals surface area contributed by atoms with E-state index in [0.717, 1.165) is 23.7 Å². The van der Waals surface area contributed by atoms with Crippen LogP contribution in [0.15, 0.2) is 24.3 Å². The van der Waals surface area contributed by atoms with Crippen molar-refractivity contribution < 1.29 is 0 Å². The van der Waals surface area contributed by atoms with Crippen molar-refractivity contribution >= 4 is 0 Å². The zero-order chi connectivity index (χ0) is 9.38. The Morgan fingerprint density at radius 1 is 0.929 bits per heavy atom. The molecule has 0 aromatic rings. The van der Waals surface area contributed by atoms with Gasteiger partial charge in [0.25, 0.3) is 0 Å². The fourth-order valence-electron chi connectivity index (χ4n) is 2.98. The Bertz CT molecular complexity index is 253. The van der Waals surface area contributed by atoms with Gasteiger partial charge in [0, 0.05) is 0 Å². The van der Waals surface area contributed by atoms with Crippen molar-refractivity contribution in [1.82, 2.24) is 0 Å². The van der Waals surface area contributed by atoms with Crippen LogP contribution in [0.2, 0.25) is 0 Å². The quantitative estimate of drug-likeness (QED) is 0.629. The molecule has 0 heteroatoms. The Hall–Kier alpha value is -0.520. The van der Waals surface area contributed by atoms with E-state index in [2.05, 4.69) is 24.3 Å². The van der Waals surface area contributed by atoms with E-state index in [1.807, 2.05) is 0 Å². The maximum Gasteiger partial charge on any atom is -0.0139 e. The van der Waals surface area contributed by atoms with Gasteiger partial charge in [-0.15, -0.1) is 0 Å². The molecular formula is C14H20. The van der Waals surface area contributed by atoms with E-state index < -0.39 is 0 Å². The number of hydrogen-bond acceptors (Lipinski definition) is 0. The Morgan fingerprint density at radius 2 is 1.71 bits per heavy atom. The van der Waals surface area contributed by atoms with Gasteiger partial charge in [-0.3, -0.25) is 0 Å². The van der Waals surface area contributed by atoms with Gasteiger partial charge in [-0.2, -0.15) is 0 Å². The van der Waals surface area contributed by atoms with Gasteiger partial charge in [-0.25, -0.2) is 0 Å². The Morgan fingerprint density at radius 3 is 2.36 bits per heavy atom. The highest BCUT2D eigenvalue weighted by molar-refractivity contribution is 5.16. The largest absolute Gasteiger partial charge is 0.0808 e. The lowest BCUT2D eigenvalue weighted by atomic mass is 9.68. The van der Waals surface area contributed by atoms with Gasteiger partial charge in [-0.05, 0) is 42.9 Å². The molecule has 3 aliphatic carbocycles. The lowest BCUT2D eigenvalue weighted by Gasteiger charge is -2.37. The van der Waals surface area contributed by atoms with Gasteiger partial charge in [0.15, 0.2) is 0 Å². The molecule has 2 atom stereocenters. The molecule has 0 bridgehead atoms. The predicted molar refractivity (Wildman–Crippen MR) is 59.9 cm³/mol. The van der Waals surface area contributed by atoms with Crippen LogP contribution >= 0.6 is 0 Å². The lowest BCUT2D eigenvalue weighted by Crippen LogP contribution is -2.27. The second-order valence-corrected chi connectivity index (χ2v) is 5.38. The third-order valence-electron chi connectivity index (χ3n) is 4.29. The molecule has 2 saturated carbocycles. The molecule has 0 spiro atoms. The summed E-state index contributed by atoms with van der Waals surface area (Å²) < 4.78 is 0. The Balaban J connectivity index is 1.65. The van der Waals surface area contributed by atoms with Crippen molar-refractivity contribution in [2.24, 2.45) is 23.7 Å². The van der Waals surface area contributed by atoms with Gasteiger partial charge >= 0.3 is 0 Å². The van der Waals surface area contributed by atoms with Crippen molar-refractivity contribution in [1.29, 1.82) is 0 Å². The van der Waals surface area contributed by atoms with E-state index in [1.165, 1.54) is 38.5 Å². The molecule has 0 aliphatic heterocycles. The smallest absolute Gasteiger partial charge is 0.0139 e. The minimum atomic E-state index is 0.887. The summed E-state index contributed by atoms with van der Waals surface area (Å²) in [4.78, 5) is 0.